The smallest absolute Gasteiger partial charge is 0.123 e. The van der Waals surface area contributed by atoms with Crippen LogP contribution in [0, 0.1) is 0 Å². The van der Waals surface area contributed by atoms with Gasteiger partial charge in [0.05, 0.1) is 11.4 Å². The normalized spacial score (nSPS) is 11.9. The van der Waals surface area contributed by atoms with Crippen LogP contribution in [0.5, 0.6) is 11.5 Å². The first kappa shape index (κ1) is 15.6. The highest BCUT2D eigenvalue weighted by molar-refractivity contribution is 5.87. The molecule has 5 rings (SSSR count). The summed E-state index contributed by atoms with van der Waals surface area (Å²) in [7, 11) is 0. The molecule has 1 aliphatic carbocycles. The van der Waals surface area contributed by atoms with Gasteiger partial charge < -0.3 is 10.2 Å². The SMILES string of the molecule is Oc1ccc2c(c1)Cc1c(-c3ccccc3O)cc(-c3ccccc3)nc1-2. The zero-order valence-corrected chi connectivity index (χ0v) is 14.6. The predicted molar refractivity (Wildman–Crippen MR) is 107 cm³/mol. The molecule has 1 aromatic heterocycles. The molecule has 27 heavy (non-hydrogen) atoms. The summed E-state index contributed by atoms with van der Waals surface area (Å²) in [5.74, 6) is 0.512. The summed E-state index contributed by atoms with van der Waals surface area (Å²) < 4.78 is 0. The van der Waals surface area contributed by atoms with Crippen LogP contribution >= 0.6 is 0 Å². The lowest BCUT2D eigenvalue weighted by Gasteiger charge is -2.13. The molecule has 0 saturated heterocycles. The van der Waals surface area contributed by atoms with Crippen molar-refractivity contribution in [1.29, 1.82) is 0 Å². The van der Waals surface area contributed by atoms with E-state index in [9.17, 15) is 10.2 Å². The molecule has 3 heteroatoms. The Labute approximate surface area is 157 Å². The van der Waals surface area contributed by atoms with Crippen LogP contribution < -0.4 is 0 Å². The number of pyridine rings is 1. The summed E-state index contributed by atoms with van der Waals surface area (Å²) in [6.45, 7) is 0. The molecule has 4 aromatic rings. The highest BCUT2D eigenvalue weighted by Gasteiger charge is 2.25. The van der Waals surface area contributed by atoms with Gasteiger partial charge in [-0.15, -0.1) is 0 Å². The first-order valence-electron chi connectivity index (χ1n) is 8.90. The number of aromatic nitrogens is 1. The van der Waals surface area contributed by atoms with E-state index in [1.165, 1.54) is 0 Å². The van der Waals surface area contributed by atoms with Crippen molar-refractivity contribution < 1.29 is 10.2 Å². The molecule has 3 aromatic carbocycles. The lowest BCUT2D eigenvalue weighted by atomic mass is 9.95. The van der Waals surface area contributed by atoms with Crippen LogP contribution in [-0.4, -0.2) is 15.2 Å². The fourth-order valence-electron chi connectivity index (χ4n) is 3.82. The predicted octanol–water partition coefficient (Wildman–Crippen LogP) is 5.40. The lowest BCUT2D eigenvalue weighted by Crippen LogP contribution is -1.94. The summed E-state index contributed by atoms with van der Waals surface area (Å²) in [4.78, 5) is 4.95. The van der Waals surface area contributed by atoms with Gasteiger partial charge in [0.2, 0.25) is 0 Å². The highest BCUT2D eigenvalue weighted by atomic mass is 16.3. The monoisotopic (exact) mass is 351 g/mol. The van der Waals surface area contributed by atoms with Crippen molar-refractivity contribution in [2.75, 3.05) is 0 Å². The van der Waals surface area contributed by atoms with E-state index in [4.69, 9.17) is 4.98 Å². The Morgan fingerprint density at radius 2 is 1.48 bits per heavy atom. The summed E-state index contributed by atoms with van der Waals surface area (Å²) in [6, 6.07) is 24.9. The molecule has 130 valence electrons. The Morgan fingerprint density at radius 1 is 0.704 bits per heavy atom. The van der Waals surface area contributed by atoms with Crippen molar-refractivity contribution >= 4 is 0 Å². The van der Waals surface area contributed by atoms with E-state index in [0.29, 0.717) is 6.42 Å². The molecule has 0 spiro atoms. The molecule has 3 nitrogen and oxygen atoms in total. The van der Waals surface area contributed by atoms with Gasteiger partial charge in [0.25, 0.3) is 0 Å². The molecule has 1 heterocycles. The topological polar surface area (TPSA) is 53.4 Å². The summed E-state index contributed by atoms with van der Waals surface area (Å²) in [5, 5.41) is 20.3. The maximum Gasteiger partial charge on any atom is 0.123 e. The van der Waals surface area contributed by atoms with Gasteiger partial charge in [-0.05, 0) is 47.0 Å². The molecular weight excluding hydrogens is 334 g/mol. The highest BCUT2D eigenvalue weighted by Crippen LogP contribution is 2.44. The largest absolute Gasteiger partial charge is 0.508 e. The summed E-state index contributed by atoms with van der Waals surface area (Å²) in [5.41, 5.74) is 7.77. The van der Waals surface area contributed by atoms with Crippen LogP contribution in [0.2, 0.25) is 0 Å². The maximum absolute atomic E-state index is 10.5. The molecule has 0 saturated carbocycles. The third kappa shape index (κ3) is 2.56. The minimum atomic E-state index is 0.253. The van der Waals surface area contributed by atoms with Gasteiger partial charge in [0.1, 0.15) is 11.5 Å². The van der Waals surface area contributed by atoms with Gasteiger partial charge in [-0.3, -0.25) is 0 Å². The number of phenolic OH excluding ortho intramolecular Hbond substituents is 2. The maximum atomic E-state index is 10.5. The quantitative estimate of drug-likeness (QED) is 0.448. The van der Waals surface area contributed by atoms with Gasteiger partial charge in [-0.1, -0.05) is 48.5 Å². The van der Waals surface area contributed by atoms with Gasteiger partial charge in [0.15, 0.2) is 0 Å². The molecule has 0 atom stereocenters. The molecule has 0 unspecified atom stereocenters. The third-order valence-electron chi connectivity index (χ3n) is 5.10. The van der Waals surface area contributed by atoms with Crippen LogP contribution in [0.15, 0.2) is 78.9 Å². The molecule has 0 radical (unpaired) electrons. The van der Waals surface area contributed by atoms with E-state index in [-0.39, 0.29) is 11.5 Å². The van der Waals surface area contributed by atoms with E-state index in [1.54, 1.807) is 18.2 Å². The second-order valence-corrected chi connectivity index (χ2v) is 6.78. The number of phenols is 2. The Bertz CT molecular complexity index is 1170. The van der Waals surface area contributed by atoms with Crippen molar-refractivity contribution in [1.82, 2.24) is 4.98 Å². The average molecular weight is 351 g/mol. The van der Waals surface area contributed by atoms with Crippen LogP contribution in [-0.2, 0) is 6.42 Å². The van der Waals surface area contributed by atoms with Crippen molar-refractivity contribution in [3.63, 3.8) is 0 Å². The Hall–Kier alpha value is -3.59. The van der Waals surface area contributed by atoms with E-state index in [2.05, 4.69) is 6.07 Å². The lowest BCUT2D eigenvalue weighted by molar-refractivity contribution is 0.474. The zero-order chi connectivity index (χ0) is 18.4. The molecule has 0 aliphatic heterocycles. The Morgan fingerprint density at radius 3 is 2.30 bits per heavy atom. The number of para-hydroxylation sites is 1. The molecule has 2 N–H and O–H groups in total. The van der Waals surface area contributed by atoms with Gasteiger partial charge in [-0.2, -0.15) is 0 Å². The standard InChI is InChI=1S/C24H17NO2/c26-17-10-11-18-16(12-17)13-21-20(19-8-4-5-9-23(19)27)14-22(25-24(18)21)15-6-2-1-3-7-15/h1-12,14,26-27H,13H2. The minimum absolute atomic E-state index is 0.253. The number of aromatic hydroxyl groups is 2. The summed E-state index contributed by atoms with van der Waals surface area (Å²) in [6.07, 6.45) is 0.685. The first-order chi connectivity index (χ1) is 13.2. The number of nitrogens with zero attached hydrogens (tertiary/aromatic N) is 1. The minimum Gasteiger partial charge on any atom is -0.508 e. The van der Waals surface area contributed by atoms with Crippen LogP contribution in [0.25, 0.3) is 33.6 Å². The van der Waals surface area contributed by atoms with Gasteiger partial charge in [-0.25, -0.2) is 4.98 Å². The van der Waals surface area contributed by atoms with Crippen molar-refractivity contribution in [2.45, 2.75) is 6.42 Å². The molecule has 0 bridgehead atoms. The number of rotatable bonds is 2. The van der Waals surface area contributed by atoms with Crippen LogP contribution in [0.1, 0.15) is 11.1 Å². The number of hydrogen-bond acceptors (Lipinski definition) is 3. The van der Waals surface area contributed by atoms with Crippen LogP contribution in [0.4, 0.5) is 0 Å². The zero-order valence-electron chi connectivity index (χ0n) is 14.6. The summed E-state index contributed by atoms with van der Waals surface area (Å²) >= 11 is 0. The molecule has 0 fully saturated rings. The van der Waals surface area contributed by atoms with E-state index in [0.717, 1.165) is 44.8 Å². The number of fused-ring (bicyclic) bond motifs is 3. The average Bonchev–Trinajstić information content (AvgIpc) is 3.06. The first-order valence-corrected chi connectivity index (χ1v) is 8.90. The Balaban J connectivity index is 1.81. The third-order valence-corrected chi connectivity index (χ3v) is 5.10. The van der Waals surface area contributed by atoms with Crippen molar-refractivity contribution in [3.05, 3.63) is 90.0 Å². The van der Waals surface area contributed by atoms with Crippen molar-refractivity contribution in [3.8, 4) is 45.1 Å². The molecule has 1 aliphatic rings. The number of hydrogen-bond donors (Lipinski definition) is 2. The van der Waals surface area contributed by atoms with E-state index in [1.807, 2.05) is 54.6 Å². The van der Waals surface area contributed by atoms with Crippen LogP contribution in [0.3, 0.4) is 0 Å². The number of benzene rings is 3. The Kier molecular flexibility index (Phi) is 3.47. The second-order valence-electron chi connectivity index (χ2n) is 6.78. The van der Waals surface area contributed by atoms with Crippen molar-refractivity contribution in [2.24, 2.45) is 0 Å². The van der Waals surface area contributed by atoms with Gasteiger partial charge >= 0.3 is 0 Å². The molecular formula is C24H17NO2. The van der Waals surface area contributed by atoms with Gasteiger partial charge in [0, 0.05) is 23.1 Å². The second kappa shape index (κ2) is 5.99. The van der Waals surface area contributed by atoms with E-state index < -0.39 is 0 Å². The molecule has 0 amide bonds. The fourth-order valence-corrected chi connectivity index (χ4v) is 3.82. The van der Waals surface area contributed by atoms with E-state index >= 15 is 0 Å². The fraction of sp³-hybridized carbons (Fsp3) is 0.0417.